The number of rotatable bonds is 2. The average Bonchev–Trinajstić information content (AvgIpc) is 3.39. The minimum absolute atomic E-state index is 0.222. The van der Waals surface area contributed by atoms with Gasteiger partial charge in [0.2, 0.25) is 0 Å². The Morgan fingerprint density at radius 2 is 1.80 bits per heavy atom. The Kier molecular flexibility index (Phi) is 3.81. The quantitative estimate of drug-likeness (QED) is 0.901. The van der Waals surface area contributed by atoms with E-state index in [0.29, 0.717) is 31.0 Å². The SMILES string of the molecule is O=C(c1ccc(C(F)(F)F)cc1)N1CCc2[nH]nc(C3CC3)c2CC1. The summed E-state index contributed by atoms with van der Waals surface area (Å²) < 4.78 is 37.9. The third-order valence-corrected chi connectivity index (χ3v) is 4.96. The van der Waals surface area contributed by atoms with Crippen LogP contribution in [0.4, 0.5) is 13.2 Å². The van der Waals surface area contributed by atoms with Gasteiger partial charge >= 0.3 is 6.18 Å². The van der Waals surface area contributed by atoms with Crippen LogP contribution in [-0.2, 0) is 19.0 Å². The molecule has 1 aliphatic heterocycles. The highest BCUT2D eigenvalue weighted by atomic mass is 19.4. The molecule has 4 nitrogen and oxygen atoms in total. The van der Waals surface area contributed by atoms with Crippen LogP contribution in [0.25, 0.3) is 0 Å². The summed E-state index contributed by atoms with van der Waals surface area (Å²) in [7, 11) is 0. The smallest absolute Gasteiger partial charge is 0.338 e. The monoisotopic (exact) mass is 349 g/mol. The fraction of sp³-hybridized carbons (Fsp3) is 0.444. The van der Waals surface area contributed by atoms with Gasteiger partial charge in [-0.2, -0.15) is 18.3 Å². The molecule has 2 aliphatic rings. The lowest BCUT2D eigenvalue weighted by Gasteiger charge is -2.20. The molecule has 0 spiro atoms. The number of aromatic nitrogens is 2. The van der Waals surface area contributed by atoms with Crippen molar-refractivity contribution in [3.63, 3.8) is 0 Å². The Morgan fingerprint density at radius 3 is 2.44 bits per heavy atom. The second kappa shape index (κ2) is 5.89. The number of aromatic amines is 1. The van der Waals surface area contributed by atoms with Crippen LogP contribution in [0.15, 0.2) is 24.3 Å². The molecule has 0 bridgehead atoms. The van der Waals surface area contributed by atoms with E-state index in [0.717, 1.165) is 29.9 Å². The van der Waals surface area contributed by atoms with Gasteiger partial charge in [-0.3, -0.25) is 9.89 Å². The van der Waals surface area contributed by atoms with Crippen molar-refractivity contribution in [2.75, 3.05) is 13.1 Å². The molecule has 7 heteroatoms. The lowest BCUT2D eigenvalue weighted by molar-refractivity contribution is -0.137. The number of nitrogens with zero attached hydrogens (tertiary/aromatic N) is 2. The van der Waals surface area contributed by atoms with Gasteiger partial charge < -0.3 is 4.90 Å². The Balaban J connectivity index is 1.48. The summed E-state index contributed by atoms with van der Waals surface area (Å²) >= 11 is 0. The first-order valence-corrected chi connectivity index (χ1v) is 8.46. The molecule has 132 valence electrons. The van der Waals surface area contributed by atoms with Gasteiger partial charge in [0.1, 0.15) is 0 Å². The summed E-state index contributed by atoms with van der Waals surface area (Å²) in [5.41, 5.74) is 3.00. The first-order valence-electron chi connectivity index (χ1n) is 8.46. The van der Waals surface area contributed by atoms with Crippen LogP contribution >= 0.6 is 0 Å². The summed E-state index contributed by atoms with van der Waals surface area (Å²) in [5, 5.41) is 7.53. The summed E-state index contributed by atoms with van der Waals surface area (Å²) in [6.07, 6.45) is -0.610. The molecule has 1 aliphatic carbocycles. The van der Waals surface area contributed by atoms with Gasteiger partial charge in [0, 0.05) is 36.7 Å². The van der Waals surface area contributed by atoms with Crippen molar-refractivity contribution in [2.45, 2.75) is 37.8 Å². The highest BCUT2D eigenvalue weighted by Gasteiger charge is 2.32. The molecule has 1 saturated carbocycles. The van der Waals surface area contributed by atoms with Crippen LogP contribution in [0.5, 0.6) is 0 Å². The van der Waals surface area contributed by atoms with Crippen LogP contribution in [0, 0.1) is 0 Å². The van der Waals surface area contributed by atoms with Crippen molar-refractivity contribution in [1.29, 1.82) is 0 Å². The highest BCUT2D eigenvalue weighted by Crippen LogP contribution is 2.41. The van der Waals surface area contributed by atoms with Gasteiger partial charge in [-0.05, 0) is 49.1 Å². The maximum atomic E-state index is 12.6. The Morgan fingerprint density at radius 1 is 1.12 bits per heavy atom. The van der Waals surface area contributed by atoms with Crippen LogP contribution in [0.3, 0.4) is 0 Å². The second-order valence-corrected chi connectivity index (χ2v) is 6.71. The van der Waals surface area contributed by atoms with Gasteiger partial charge in [-0.25, -0.2) is 0 Å². The van der Waals surface area contributed by atoms with E-state index in [2.05, 4.69) is 10.2 Å². The van der Waals surface area contributed by atoms with E-state index in [1.54, 1.807) is 4.90 Å². The Bertz CT molecular complexity index is 791. The van der Waals surface area contributed by atoms with E-state index in [1.807, 2.05) is 0 Å². The van der Waals surface area contributed by atoms with Gasteiger partial charge in [-0.15, -0.1) is 0 Å². The van der Waals surface area contributed by atoms with E-state index in [-0.39, 0.29) is 5.91 Å². The number of carbonyl (C=O) groups is 1. The third-order valence-electron chi connectivity index (χ3n) is 4.96. The molecule has 0 saturated heterocycles. The van der Waals surface area contributed by atoms with Crippen LogP contribution < -0.4 is 0 Å². The van der Waals surface area contributed by atoms with Gasteiger partial charge in [0.15, 0.2) is 0 Å². The zero-order valence-electron chi connectivity index (χ0n) is 13.6. The van der Waals surface area contributed by atoms with Crippen molar-refractivity contribution in [3.8, 4) is 0 Å². The van der Waals surface area contributed by atoms with E-state index in [9.17, 15) is 18.0 Å². The number of nitrogens with one attached hydrogen (secondary N) is 1. The molecule has 1 fully saturated rings. The van der Waals surface area contributed by atoms with Crippen molar-refractivity contribution in [1.82, 2.24) is 15.1 Å². The van der Waals surface area contributed by atoms with Gasteiger partial charge in [-0.1, -0.05) is 0 Å². The van der Waals surface area contributed by atoms with Crippen LogP contribution in [0.1, 0.15) is 51.6 Å². The number of H-pyrrole nitrogens is 1. The average molecular weight is 349 g/mol. The molecule has 1 aromatic carbocycles. The zero-order chi connectivity index (χ0) is 17.6. The summed E-state index contributed by atoms with van der Waals surface area (Å²) in [4.78, 5) is 14.4. The fourth-order valence-electron chi connectivity index (χ4n) is 3.39. The molecule has 4 rings (SSSR count). The number of halogens is 3. The predicted octanol–water partition coefficient (Wildman–Crippen LogP) is 3.55. The van der Waals surface area contributed by atoms with Crippen LogP contribution in [-0.4, -0.2) is 34.1 Å². The maximum absolute atomic E-state index is 12.6. The first kappa shape index (κ1) is 16.2. The summed E-state index contributed by atoms with van der Waals surface area (Å²) in [5.74, 6) is 0.331. The molecular formula is C18H18F3N3O. The first-order chi connectivity index (χ1) is 11.9. The maximum Gasteiger partial charge on any atom is 0.416 e. The molecule has 1 amide bonds. The molecule has 0 atom stereocenters. The van der Waals surface area contributed by atoms with Crippen molar-refractivity contribution < 1.29 is 18.0 Å². The van der Waals surface area contributed by atoms with E-state index < -0.39 is 11.7 Å². The van der Waals surface area contributed by atoms with Crippen molar-refractivity contribution in [3.05, 3.63) is 52.3 Å². The van der Waals surface area contributed by atoms with E-state index in [4.69, 9.17) is 0 Å². The van der Waals surface area contributed by atoms with Gasteiger partial charge in [0.05, 0.1) is 11.3 Å². The molecule has 0 radical (unpaired) electrons. The highest BCUT2D eigenvalue weighted by molar-refractivity contribution is 5.94. The predicted molar refractivity (Wildman–Crippen MR) is 85.3 cm³/mol. The zero-order valence-corrected chi connectivity index (χ0v) is 13.6. The number of benzene rings is 1. The topological polar surface area (TPSA) is 49.0 Å². The lowest BCUT2D eigenvalue weighted by Crippen LogP contribution is -2.33. The number of fused-ring (bicyclic) bond motifs is 1. The second-order valence-electron chi connectivity index (χ2n) is 6.71. The molecule has 0 unspecified atom stereocenters. The third kappa shape index (κ3) is 3.15. The van der Waals surface area contributed by atoms with Crippen LogP contribution in [0.2, 0.25) is 0 Å². The van der Waals surface area contributed by atoms with E-state index >= 15 is 0 Å². The minimum atomic E-state index is -4.39. The number of alkyl halides is 3. The number of amides is 1. The number of hydrogen-bond acceptors (Lipinski definition) is 2. The standard InChI is InChI=1S/C18H18F3N3O/c19-18(20,21)13-5-3-12(4-6-13)17(25)24-9-7-14-15(8-10-24)22-23-16(14)11-1-2-11/h3-6,11H,1-2,7-10H2,(H,22,23). The largest absolute Gasteiger partial charge is 0.416 e. The van der Waals surface area contributed by atoms with Gasteiger partial charge in [0.25, 0.3) is 5.91 Å². The Labute approximate surface area is 143 Å². The van der Waals surface area contributed by atoms with Crippen molar-refractivity contribution >= 4 is 5.91 Å². The molecule has 1 N–H and O–H groups in total. The molecular weight excluding hydrogens is 331 g/mol. The number of hydrogen-bond donors (Lipinski definition) is 1. The summed E-state index contributed by atoms with van der Waals surface area (Å²) in [6.45, 7) is 1.10. The molecule has 25 heavy (non-hydrogen) atoms. The molecule has 2 heterocycles. The minimum Gasteiger partial charge on any atom is -0.338 e. The molecule has 1 aromatic heterocycles. The fourth-order valence-corrected chi connectivity index (χ4v) is 3.39. The summed E-state index contributed by atoms with van der Waals surface area (Å²) in [6, 6.07) is 4.43. The van der Waals surface area contributed by atoms with Crippen molar-refractivity contribution in [2.24, 2.45) is 0 Å². The Hall–Kier alpha value is -2.31. The lowest BCUT2D eigenvalue weighted by atomic mass is 10.1. The van der Waals surface area contributed by atoms with E-state index in [1.165, 1.54) is 30.5 Å². The normalized spacial score (nSPS) is 18.0. The number of carbonyl (C=O) groups excluding carboxylic acids is 1. The molecule has 2 aromatic rings.